The molecule has 2 aliphatic heterocycles. The van der Waals surface area contributed by atoms with E-state index in [2.05, 4.69) is 22.5 Å². The third-order valence-corrected chi connectivity index (χ3v) is 4.15. The van der Waals surface area contributed by atoms with Crippen molar-refractivity contribution in [1.29, 1.82) is 0 Å². The Balaban J connectivity index is 0.00000264. The van der Waals surface area contributed by atoms with Crippen molar-refractivity contribution in [2.24, 2.45) is 4.99 Å². The normalized spacial score (nSPS) is 21.4. The lowest BCUT2D eigenvalue weighted by molar-refractivity contribution is -0.127. The van der Waals surface area contributed by atoms with Gasteiger partial charge in [0.25, 0.3) is 0 Å². The standard InChI is InChI=1S/C16H30N4O2.HI/c1-2-17-16(19-10-8-14-6-4-13-22-14)18-9-5-12-20-11-3-7-15(20)21;/h14H,2-13H2,1H3,(H2,17,18,19);1H. The van der Waals surface area contributed by atoms with E-state index >= 15 is 0 Å². The van der Waals surface area contributed by atoms with E-state index in [9.17, 15) is 4.79 Å². The molecule has 7 heteroatoms. The second-order valence-electron chi connectivity index (χ2n) is 5.95. The SMILES string of the molecule is CCNC(=NCCCN1CCCC1=O)NCCC1CCCO1.I. The molecule has 23 heavy (non-hydrogen) atoms. The number of carbonyl (C=O) groups is 1. The summed E-state index contributed by atoms with van der Waals surface area (Å²) in [5.41, 5.74) is 0. The van der Waals surface area contributed by atoms with E-state index in [-0.39, 0.29) is 24.0 Å². The van der Waals surface area contributed by atoms with E-state index in [1.165, 1.54) is 12.8 Å². The van der Waals surface area contributed by atoms with Gasteiger partial charge >= 0.3 is 0 Å². The highest BCUT2D eigenvalue weighted by Crippen LogP contribution is 2.14. The van der Waals surface area contributed by atoms with E-state index in [0.717, 1.165) is 71.0 Å². The molecular formula is C16H31IN4O2. The predicted octanol–water partition coefficient (Wildman–Crippen LogP) is 1.74. The molecule has 2 aliphatic rings. The first-order chi connectivity index (χ1) is 10.8. The quantitative estimate of drug-likeness (QED) is 0.262. The largest absolute Gasteiger partial charge is 0.378 e. The Kier molecular flexibility index (Phi) is 10.6. The van der Waals surface area contributed by atoms with Gasteiger partial charge in [0.05, 0.1) is 6.10 Å². The number of nitrogens with one attached hydrogen (secondary N) is 2. The monoisotopic (exact) mass is 438 g/mol. The van der Waals surface area contributed by atoms with Gasteiger partial charge in [-0.15, -0.1) is 24.0 Å². The third-order valence-electron chi connectivity index (χ3n) is 4.15. The molecule has 0 saturated carbocycles. The summed E-state index contributed by atoms with van der Waals surface area (Å²) in [6.07, 6.45) is 6.47. The number of hydrogen-bond acceptors (Lipinski definition) is 3. The maximum atomic E-state index is 11.5. The van der Waals surface area contributed by atoms with Crippen LogP contribution in [0.4, 0.5) is 0 Å². The smallest absolute Gasteiger partial charge is 0.222 e. The van der Waals surface area contributed by atoms with Gasteiger partial charge in [-0.3, -0.25) is 9.79 Å². The zero-order valence-electron chi connectivity index (χ0n) is 14.2. The summed E-state index contributed by atoms with van der Waals surface area (Å²) in [5, 5.41) is 6.63. The molecule has 2 saturated heterocycles. The number of guanidine groups is 1. The summed E-state index contributed by atoms with van der Waals surface area (Å²) in [5.74, 6) is 1.17. The Morgan fingerprint density at radius 3 is 2.91 bits per heavy atom. The van der Waals surface area contributed by atoms with Crippen LogP contribution in [0.15, 0.2) is 4.99 Å². The molecule has 6 nitrogen and oxygen atoms in total. The van der Waals surface area contributed by atoms with E-state index in [1.54, 1.807) is 0 Å². The minimum absolute atomic E-state index is 0. The van der Waals surface area contributed by atoms with Crippen molar-refractivity contribution >= 4 is 35.8 Å². The summed E-state index contributed by atoms with van der Waals surface area (Å²) in [4.78, 5) is 18.1. The van der Waals surface area contributed by atoms with Crippen LogP contribution in [0.5, 0.6) is 0 Å². The van der Waals surface area contributed by atoms with Gasteiger partial charge in [0, 0.05) is 45.8 Å². The second kappa shape index (κ2) is 11.9. The van der Waals surface area contributed by atoms with Crippen LogP contribution < -0.4 is 10.6 Å². The molecule has 1 atom stereocenters. The lowest BCUT2D eigenvalue weighted by Crippen LogP contribution is -2.38. The zero-order chi connectivity index (χ0) is 15.6. The first kappa shape index (κ1) is 20.5. The van der Waals surface area contributed by atoms with Gasteiger partial charge in [-0.25, -0.2) is 0 Å². The van der Waals surface area contributed by atoms with Crippen LogP contribution in [0.2, 0.25) is 0 Å². The molecule has 0 spiro atoms. The topological polar surface area (TPSA) is 66.0 Å². The highest BCUT2D eigenvalue weighted by Gasteiger charge is 2.19. The Morgan fingerprint density at radius 2 is 2.26 bits per heavy atom. The number of ether oxygens (including phenoxy) is 1. The molecular weight excluding hydrogens is 407 g/mol. The Morgan fingerprint density at radius 1 is 1.39 bits per heavy atom. The number of halogens is 1. The van der Waals surface area contributed by atoms with Gasteiger partial charge in [0.1, 0.15) is 0 Å². The molecule has 2 N–H and O–H groups in total. The molecule has 0 aromatic rings. The van der Waals surface area contributed by atoms with Gasteiger partial charge in [0.2, 0.25) is 5.91 Å². The number of aliphatic imine (C=N–C) groups is 1. The van der Waals surface area contributed by atoms with Crippen LogP contribution in [0.1, 0.15) is 45.4 Å². The van der Waals surface area contributed by atoms with Crippen molar-refractivity contribution in [3.05, 3.63) is 0 Å². The van der Waals surface area contributed by atoms with Crippen molar-refractivity contribution in [2.75, 3.05) is 39.3 Å². The van der Waals surface area contributed by atoms with Gasteiger partial charge in [-0.2, -0.15) is 0 Å². The minimum atomic E-state index is 0. The van der Waals surface area contributed by atoms with Crippen LogP contribution >= 0.6 is 24.0 Å². The first-order valence-electron chi connectivity index (χ1n) is 8.71. The molecule has 134 valence electrons. The van der Waals surface area contributed by atoms with Crippen molar-refractivity contribution in [1.82, 2.24) is 15.5 Å². The molecule has 2 heterocycles. The van der Waals surface area contributed by atoms with Gasteiger partial charge in [0.15, 0.2) is 5.96 Å². The van der Waals surface area contributed by atoms with Crippen molar-refractivity contribution in [2.45, 2.75) is 51.6 Å². The Hall–Kier alpha value is -0.570. The van der Waals surface area contributed by atoms with Gasteiger partial charge in [-0.05, 0) is 39.0 Å². The fourth-order valence-electron chi connectivity index (χ4n) is 2.96. The zero-order valence-corrected chi connectivity index (χ0v) is 16.5. The highest BCUT2D eigenvalue weighted by molar-refractivity contribution is 14.0. The van der Waals surface area contributed by atoms with E-state index in [1.807, 2.05) is 4.90 Å². The number of nitrogens with zero attached hydrogens (tertiary/aromatic N) is 2. The molecule has 0 bridgehead atoms. The second-order valence-corrected chi connectivity index (χ2v) is 5.95. The molecule has 2 rings (SSSR count). The summed E-state index contributed by atoms with van der Waals surface area (Å²) in [7, 11) is 0. The highest BCUT2D eigenvalue weighted by atomic mass is 127. The molecule has 0 radical (unpaired) electrons. The lowest BCUT2D eigenvalue weighted by Gasteiger charge is -2.15. The third kappa shape index (κ3) is 7.69. The van der Waals surface area contributed by atoms with Crippen LogP contribution in [-0.2, 0) is 9.53 Å². The van der Waals surface area contributed by atoms with E-state index in [4.69, 9.17) is 4.74 Å². The molecule has 0 aliphatic carbocycles. The van der Waals surface area contributed by atoms with Crippen LogP contribution in [-0.4, -0.2) is 62.2 Å². The van der Waals surface area contributed by atoms with E-state index in [0.29, 0.717) is 12.0 Å². The number of rotatable bonds is 8. The van der Waals surface area contributed by atoms with Crippen LogP contribution in [0.3, 0.4) is 0 Å². The van der Waals surface area contributed by atoms with Gasteiger partial charge < -0.3 is 20.3 Å². The number of likely N-dealkylation sites (tertiary alicyclic amines) is 1. The summed E-state index contributed by atoms with van der Waals surface area (Å²) in [6.45, 7) is 7.23. The van der Waals surface area contributed by atoms with Gasteiger partial charge in [-0.1, -0.05) is 0 Å². The van der Waals surface area contributed by atoms with Crippen molar-refractivity contribution in [3.8, 4) is 0 Å². The summed E-state index contributed by atoms with van der Waals surface area (Å²) in [6, 6.07) is 0. The molecule has 2 fully saturated rings. The maximum Gasteiger partial charge on any atom is 0.222 e. The molecule has 0 aromatic heterocycles. The first-order valence-corrected chi connectivity index (χ1v) is 8.71. The molecule has 1 amide bonds. The summed E-state index contributed by atoms with van der Waals surface area (Å²) < 4.78 is 5.62. The minimum Gasteiger partial charge on any atom is -0.378 e. The molecule has 0 aromatic carbocycles. The Bertz CT molecular complexity index is 373. The van der Waals surface area contributed by atoms with Crippen LogP contribution in [0.25, 0.3) is 0 Å². The van der Waals surface area contributed by atoms with Crippen molar-refractivity contribution < 1.29 is 9.53 Å². The number of carbonyl (C=O) groups excluding carboxylic acids is 1. The average molecular weight is 438 g/mol. The fraction of sp³-hybridized carbons (Fsp3) is 0.875. The Labute approximate surface area is 156 Å². The fourth-order valence-corrected chi connectivity index (χ4v) is 2.96. The summed E-state index contributed by atoms with van der Waals surface area (Å²) >= 11 is 0. The lowest BCUT2D eigenvalue weighted by atomic mass is 10.2. The van der Waals surface area contributed by atoms with Crippen LogP contribution in [0, 0.1) is 0 Å². The number of hydrogen-bond donors (Lipinski definition) is 2. The maximum absolute atomic E-state index is 11.5. The molecule has 1 unspecified atom stereocenters. The average Bonchev–Trinajstić information content (AvgIpc) is 3.15. The van der Waals surface area contributed by atoms with Crippen molar-refractivity contribution in [3.63, 3.8) is 0 Å². The number of amides is 1. The van der Waals surface area contributed by atoms with E-state index < -0.39 is 0 Å². The predicted molar refractivity (Wildman–Crippen MR) is 103 cm³/mol.